The first-order chi connectivity index (χ1) is 12.8. The Morgan fingerprint density at radius 1 is 0.929 bits per heavy atom. The van der Waals surface area contributed by atoms with Gasteiger partial charge in [-0.05, 0) is 39.7 Å². The van der Waals surface area contributed by atoms with Crippen LogP contribution >= 0.6 is 12.4 Å². The number of carbonyl (C=O) groups is 4. The highest BCUT2D eigenvalue weighted by Gasteiger charge is 2.31. The minimum atomic E-state index is -0.977. The van der Waals surface area contributed by atoms with Crippen LogP contribution in [0.1, 0.15) is 46.0 Å². The van der Waals surface area contributed by atoms with E-state index in [9.17, 15) is 24.0 Å². The van der Waals surface area contributed by atoms with Crippen molar-refractivity contribution in [2.75, 3.05) is 6.54 Å². The Morgan fingerprint density at radius 3 is 2.14 bits per heavy atom. The van der Waals surface area contributed by atoms with E-state index < -0.39 is 47.8 Å². The van der Waals surface area contributed by atoms with E-state index in [0.29, 0.717) is 25.8 Å². The molecule has 0 aliphatic carbocycles. The van der Waals surface area contributed by atoms with Crippen molar-refractivity contribution in [2.45, 2.75) is 70.1 Å². The second kappa shape index (κ2) is 13.0. The maximum absolute atomic E-state index is 12.5. The molecule has 4 amide bonds. The molecule has 4 atom stereocenters. The fourth-order valence-corrected chi connectivity index (χ4v) is 2.55. The van der Waals surface area contributed by atoms with Gasteiger partial charge in [0, 0.05) is 17.6 Å². The average Bonchev–Trinajstić information content (AvgIpc) is 2.62. The lowest BCUT2D eigenvalue weighted by Gasteiger charge is -2.23. The van der Waals surface area contributed by atoms with E-state index in [4.69, 9.17) is 5.73 Å². The van der Waals surface area contributed by atoms with Gasteiger partial charge in [0.15, 0.2) is 0 Å². The Kier molecular flexibility index (Phi) is 11.9. The summed E-state index contributed by atoms with van der Waals surface area (Å²) < 4.78 is 0. The van der Waals surface area contributed by atoms with Crippen molar-refractivity contribution in [3.63, 3.8) is 0 Å². The number of amides is 4. The van der Waals surface area contributed by atoms with Crippen LogP contribution in [0.5, 0.6) is 0 Å². The van der Waals surface area contributed by atoms with Crippen molar-refractivity contribution in [3.8, 4) is 0 Å². The Balaban J connectivity index is 0.00000729. The molecule has 10 nitrogen and oxygen atoms in total. The summed E-state index contributed by atoms with van der Waals surface area (Å²) in [7, 11) is 0. The molecule has 1 aliphatic heterocycles. The number of halogens is 1. The topological polar surface area (TPSA) is 159 Å². The molecule has 1 fully saturated rings. The Labute approximate surface area is 170 Å². The van der Waals surface area contributed by atoms with Crippen molar-refractivity contribution in [2.24, 2.45) is 5.73 Å². The molecule has 1 rings (SSSR count). The van der Waals surface area contributed by atoms with Crippen molar-refractivity contribution in [1.82, 2.24) is 21.3 Å². The standard InChI is InChI=1S/C17H27N5O5.ClH/c1-10-16(26)22-13(5-3-4-8-18)17(27)20-11(2)15(25)21-12(9-23)6-7-14(24)19-10;/h10-13H,3-8,18H2,1-2H3,(H3-,19,20,21,22,24,25,26,27);1H/p+1. The van der Waals surface area contributed by atoms with E-state index in [1.807, 2.05) is 0 Å². The van der Waals surface area contributed by atoms with Gasteiger partial charge >= 0.3 is 6.29 Å². The molecule has 0 bridgehead atoms. The highest BCUT2D eigenvalue weighted by atomic mass is 35.5. The summed E-state index contributed by atoms with van der Waals surface area (Å²) >= 11 is 0. The highest BCUT2D eigenvalue weighted by molar-refractivity contribution is 5.94. The van der Waals surface area contributed by atoms with Crippen molar-refractivity contribution < 1.29 is 24.0 Å². The molecule has 0 radical (unpaired) electrons. The summed E-state index contributed by atoms with van der Waals surface area (Å²) in [6.45, 7) is 3.42. The van der Waals surface area contributed by atoms with Crippen LogP contribution in [-0.2, 0) is 24.0 Å². The van der Waals surface area contributed by atoms with E-state index in [1.54, 1.807) is 6.29 Å². The Hall–Kier alpha value is -2.29. The van der Waals surface area contributed by atoms with Gasteiger partial charge in [-0.15, -0.1) is 12.4 Å². The quantitative estimate of drug-likeness (QED) is 0.267. The van der Waals surface area contributed by atoms with Crippen LogP contribution in [0.4, 0.5) is 0 Å². The number of rotatable bonds is 5. The number of nitrogens with one attached hydrogen (secondary N) is 4. The lowest BCUT2D eigenvalue weighted by Crippen LogP contribution is -2.56. The van der Waals surface area contributed by atoms with E-state index in [-0.39, 0.29) is 25.2 Å². The normalized spacial score (nSPS) is 27.1. The van der Waals surface area contributed by atoms with Crippen LogP contribution in [0, 0.1) is 0 Å². The minimum absolute atomic E-state index is 0. The van der Waals surface area contributed by atoms with Gasteiger partial charge in [-0.2, -0.15) is 0 Å². The average molecular weight is 419 g/mol. The minimum Gasteiger partial charge on any atom is -0.345 e. The lowest BCUT2D eigenvalue weighted by atomic mass is 10.1. The van der Waals surface area contributed by atoms with E-state index >= 15 is 0 Å². The fourth-order valence-electron chi connectivity index (χ4n) is 2.55. The smallest absolute Gasteiger partial charge is 0.345 e. The number of hydrogen-bond acceptors (Lipinski definition) is 6. The molecule has 0 saturated carbocycles. The molecule has 1 saturated heterocycles. The summed E-state index contributed by atoms with van der Waals surface area (Å²) in [6.07, 6.45) is 3.28. The van der Waals surface area contributed by atoms with Gasteiger partial charge < -0.3 is 27.0 Å². The van der Waals surface area contributed by atoms with Crippen LogP contribution < -0.4 is 27.0 Å². The van der Waals surface area contributed by atoms with Gasteiger partial charge in [0.2, 0.25) is 23.6 Å². The monoisotopic (exact) mass is 418 g/mol. The Morgan fingerprint density at radius 2 is 1.54 bits per heavy atom. The van der Waals surface area contributed by atoms with Crippen LogP contribution in [-0.4, -0.2) is 60.6 Å². The van der Waals surface area contributed by atoms with E-state index in [2.05, 4.69) is 21.3 Å². The number of unbranched alkanes of at least 4 members (excludes halogenated alkanes) is 1. The van der Waals surface area contributed by atoms with Gasteiger partial charge in [0.1, 0.15) is 18.1 Å². The molecule has 158 valence electrons. The van der Waals surface area contributed by atoms with Gasteiger partial charge in [0.05, 0.1) is 0 Å². The first kappa shape index (κ1) is 25.7. The van der Waals surface area contributed by atoms with Crippen molar-refractivity contribution in [1.29, 1.82) is 0 Å². The van der Waals surface area contributed by atoms with Crippen LogP contribution in [0.3, 0.4) is 0 Å². The van der Waals surface area contributed by atoms with Gasteiger partial charge in [-0.1, -0.05) is 0 Å². The zero-order chi connectivity index (χ0) is 20.4. The maximum atomic E-state index is 12.5. The highest BCUT2D eigenvalue weighted by Crippen LogP contribution is 2.04. The first-order valence-corrected chi connectivity index (χ1v) is 9.06. The molecule has 0 aromatic carbocycles. The maximum Gasteiger partial charge on any atom is 0.533 e. The molecule has 1 heterocycles. The number of nitrogens with two attached hydrogens (primary N) is 1. The third-order valence-electron chi connectivity index (χ3n) is 4.22. The number of carbonyl (C=O) groups excluding carboxylic acids is 5. The molecule has 0 aromatic heterocycles. The Bertz CT molecular complexity index is 574. The molecule has 0 spiro atoms. The van der Waals surface area contributed by atoms with Crippen LogP contribution in [0.2, 0.25) is 0 Å². The van der Waals surface area contributed by atoms with Gasteiger partial charge in [-0.25, -0.2) is 0 Å². The fraction of sp³-hybridized carbons (Fsp3) is 0.706. The molecule has 28 heavy (non-hydrogen) atoms. The van der Waals surface area contributed by atoms with Gasteiger partial charge in [-0.3, -0.25) is 19.2 Å². The molecular formula is C17H29ClN5O5+. The van der Waals surface area contributed by atoms with Crippen molar-refractivity contribution in [3.05, 3.63) is 0 Å². The van der Waals surface area contributed by atoms with E-state index in [0.717, 1.165) is 0 Å². The van der Waals surface area contributed by atoms with Crippen LogP contribution in [0.25, 0.3) is 0 Å². The summed E-state index contributed by atoms with van der Waals surface area (Å²) in [5.41, 5.74) is 5.46. The summed E-state index contributed by atoms with van der Waals surface area (Å²) in [5, 5.41) is 10.1. The first-order valence-electron chi connectivity index (χ1n) is 9.06. The molecule has 4 unspecified atom stereocenters. The van der Waals surface area contributed by atoms with Gasteiger partial charge in [0.25, 0.3) is 6.04 Å². The predicted molar refractivity (Wildman–Crippen MR) is 104 cm³/mol. The summed E-state index contributed by atoms with van der Waals surface area (Å²) in [4.78, 5) is 59.9. The zero-order valence-electron chi connectivity index (χ0n) is 16.1. The molecule has 11 heteroatoms. The third kappa shape index (κ3) is 8.60. The second-order valence-corrected chi connectivity index (χ2v) is 6.58. The molecular weight excluding hydrogens is 390 g/mol. The molecule has 0 aromatic rings. The summed E-state index contributed by atoms with van der Waals surface area (Å²) in [6, 6.07) is -3.61. The van der Waals surface area contributed by atoms with Crippen LogP contribution in [0.15, 0.2) is 0 Å². The molecule has 1 aliphatic rings. The zero-order valence-corrected chi connectivity index (χ0v) is 16.9. The lowest BCUT2D eigenvalue weighted by molar-refractivity contribution is -0.133. The largest absolute Gasteiger partial charge is 0.533 e. The predicted octanol–water partition coefficient (Wildman–Crippen LogP) is -1.58. The third-order valence-corrected chi connectivity index (χ3v) is 4.22. The SMILES string of the molecule is CC1NC(=O)CCC([C+]=O)NC(=O)C(C)NC(=O)C(CCCCN)NC1=O.Cl. The second-order valence-electron chi connectivity index (χ2n) is 6.58. The van der Waals surface area contributed by atoms with Crippen molar-refractivity contribution >= 4 is 42.3 Å². The summed E-state index contributed by atoms with van der Waals surface area (Å²) in [5.74, 6) is -2.05. The van der Waals surface area contributed by atoms with E-state index in [1.165, 1.54) is 13.8 Å². The molecule has 6 N–H and O–H groups in total. The number of hydrogen-bond donors (Lipinski definition) is 5.